The maximum absolute atomic E-state index is 2.46. The van der Waals surface area contributed by atoms with Crippen molar-refractivity contribution >= 4 is 0 Å². The minimum absolute atomic E-state index is 0.153. The van der Waals surface area contributed by atoms with Crippen LogP contribution in [0, 0.1) is 0 Å². The van der Waals surface area contributed by atoms with Crippen LogP contribution >= 0.6 is 0 Å². The molecular formula is C27H40. The topological polar surface area (TPSA) is 0 Å². The van der Waals surface area contributed by atoms with Gasteiger partial charge in [-0.3, -0.25) is 0 Å². The molecule has 2 rings (SSSR count). The summed E-state index contributed by atoms with van der Waals surface area (Å²) in [5, 5.41) is 0. The highest BCUT2D eigenvalue weighted by molar-refractivity contribution is 5.42. The highest BCUT2D eigenvalue weighted by Gasteiger charge is 2.25. The summed E-state index contributed by atoms with van der Waals surface area (Å²) < 4.78 is 0. The Hall–Kier alpha value is -1.56. The first-order valence-corrected chi connectivity index (χ1v) is 10.4. The van der Waals surface area contributed by atoms with Crippen molar-refractivity contribution in [2.45, 2.75) is 97.8 Å². The Bertz CT molecular complexity index is 773. The predicted octanol–water partition coefficient (Wildman–Crippen LogP) is 7.93. The molecule has 0 heterocycles. The van der Waals surface area contributed by atoms with Gasteiger partial charge in [0.1, 0.15) is 0 Å². The SMILES string of the molecule is CC(Cc1ccc(C(C)(C)C)cc1C(C)(C)C)c1ccccc1C(C)(C)C. The maximum atomic E-state index is 2.46. The molecule has 27 heavy (non-hydrogen) atoms. The van der Waals surface area contributed by atoms with Crippen LogP contribution in [0.2, 0.25) is 0 Å². The van der Waals surface area contributed by atoms with Crippen LogP contribution in [-0.2, 0) is 22.7 Å². The summed E-state index contributed by atoms with van der Waals surface area (Å²) in [6, 6.07) is 16.2. The Balaban J connectivity index is 2.46. The van der Waals surface area contributed by atoms with Crippen molar-refractivity contribution in [2.24, 2.45) is 0 Å². The third kappa shape index (κ3) is 5.24. The molecule has 0 aliphatic carbocycles. The van der Waals surface area contributed by atoms with Crippen LogP contribution in [0.3, 0.4) is 0 Å². The maximum Gasteiger partial charge on any atom is -0.0129 e. The summed E-state index contributed by atoms with van der Waals surface area (Å²) in [5.41, 5.74) is 7.89. The van der Waals surface area contributed by atoms with Gasteiger partial charge in [0.2, 0.25) is 0 Å². The zero-order chi connectivity index (χ0) is 20.6. The van der Waals surface area contributed by atoms with E-state index >= 15 is 0 Å². The fraction of sp³-hybridized carbons (Fsp3) is 0.556. The quantitative estimate of drug-likeness (QED) is 0.518. The second-order valence-corrected chi connectivity index (χ2v) is 11.3. The van der Waals surface area contributed by atoms with Gasteiger partial charge in [-0.25, -0.2) is 0 Å². The molecular weight excluding hydrogens is 324 g/mol. The normalized spacial score (nSPS) is 14.3. The standard InChI is InChI=1S/C27H40/c1-19(22-13-11-12-14-23(22)26(5,6)7)17-20-15-16-21(25(2,3)4)18-24(20)27(8,9)10/h11-16,18-19H,17H2,1-10H3. The fourth-order valence-electron chi connectivity index (χ4n) is 3.97. The Labute approximate surface area is 168 Å². The minimum Gasteiger partial charge on any atom is -0.0620 e. The molecule has 0 N–H and O–H groups in total. The molecule has 0 saturated heterocycles. The Morgan fingerprint density at radius 1 is 0.667 bits per heavy atom. The molecule has 1 unspecified atom stereocenters. The van der Waals surface area contributed by atoms with Gasteiger partial charge in [0.15, 0.2) is 0 Å². The molecule has 148 valence electrons. The third-order valence-electron chi connectivity index (χ3n) is 5.61. The fourth-order valence-corrected chi connectivity index (χ4v) is 3.97. The van der Waals surface area contributed by atoms with Crippen molar-refractivity contribution in [3.8, 4) is 0 Å². The molecule has 0 radical (unpaired) electrons. The van der Waals surface area contributed by atoms with Gasteiger partial charge >= 0.3 is 0 Å². The van der Waals surface area contributed by atoms with E-state index in [2.05, 4.69) is 112 Å². The summed E-state index contributed by atoms with van der Waals surface area (Å²) in [7, 11) is 0. The van der Waals surface area contributed by atoms with E-state index in [1.807, 2.05) is 0 Å². The van der Waals surface area contributed by atoms with Gasteiger partial charge in [0.05, 0.1) is 0 Å². The van der Waals surface area contributed by atoms with E-state index < -0.39 is 0 Å². The first kappa shape index (κ1) is 21.7. The van der Waals surface area contributed by atoms with Crippen LogP contribution in [0.4, 0.5) is 0 Å². The van der Waals surface area contributed by atoms with Crippen LogP contribution in [0.15, 0.2) is 42.5 Å². The van der Waals surface area contributed by atoms with Crippen LogP contribution in [0.25, 0.3) is 0 Å². The van der Waals surface area contributed by atoms with Gasteiger partial charge in [-0.05, 0) is 56.4 Å². The Morgan fingerprint density at radius 3 is 1.74 bits per heavy atom. The van der Waals surface area contributed by atoms with Crippen LogP contribution in [0.5, 0.6) is 0 Å². The van der Waals surface area contributed by atoms with Crippen LogP contribution < -0.4 is 0 Å². The van der Waals surface area contributed by atoms with Crippen molar-refractivity contribution < 1.29 is 0 Å². The van der Waals surface area contributed by atoms with Crippen LogP contribution in [0.1, 0.15) is 103 Å². The first-order chi connectivity index (χ1) is 12.2. The molecule has 0 amide bonds. The van der Waals surface area contributed by atoms with Gasteiger partial charge in [-0.1, -0.05) is 112 Å². The lowest BCUT2D eigenvalue weighted by Crippen LogP contribution is -2.20. The van der Waals surface area contributed by atoms with Gasteiger partial charge in [-0.15, -0.1) is 0 Å². The monoisotopic (exact) mass is 364 g/mol. The summed E-state index contributed by atoms with van der Waals surface area (Å²) in [6.45, 7) is 23.3. The summed E-state index contributed by atoms with van der Waals surface area (Å²) in [6.07, 6.45) is 1.09. The van der Waals surface area contributed by atoms with E-state index in [-0.39, 0.29) is 16.2 Å². The van der Waals surface area contributed by atoms with Crippen molar-refractivity contribution in [2.75, 3.05) is 0 Å². The van der Waals surface area contributed by atoms with E-state index in [0.29, 0.717) is 5.92 Å². The van der Waals surface area contributed by atoms with Crippen molar-refractivity contribution in [3.63, 3.8) is 0 Å². The third-order valence-corrected chi connectivity index (χ3v) is 5.61. The van der Waals surface area contributed by atoms with Gasteiger partial charge in [0, 0.05) is 0 Å². The Kier molecular flexibility index (Phi) is 6.00. The van der Waals surface area contributed by atoms with E-state index in [1.54, 1.807) is 0 Å². The average Bonchev–Trinajstić information content (AvgIpc) is 2.52. The molecule has 0 aliphatic heterocycles. The van der Waals surface area contributed by atoms with Crippen molar-refractivity contribution in [1.29, 1.82) is 0 Å². The zero-order valence-electron chi connectivity index (χ0n) is 19.3. The molecule has 2 aromatic carbocycles. The molecule has 0 heteroatoms. The molecule has 0 aliphatic rings. The first-order valence-electron chi connectivity index (χ1n) is 10.4. The minimum atomic E-state index is 0.153. The van der Waals surface area contributed by atoms with Gasteiger partial charge in [-0.2, -0.15) is 0 Å². The molecule has 0 bridgehead atoms. The number of benzene rings is 2. The van der Waals surface area contributed by atoms with Gasteiger partial charge in [0.25, 0.3) is 0 Å². The molecule has 0 nitrogen and oxygen atoms in total. The summed E-state index contributed by atoms with van der Waals surface area (Å²) >= 11 is 0. The average molecular weight is 365 g/mol. The lowest BCUT2D eigenvalue weighted by Gasteiger charge is -2.30. The number of rotatable bonds is 3. The zero-order valence-corrected chi connectivity index (χ0v) is 19.3. The second kappa shape index (κ2) is 7.46. The number of hydrogen-bond donors (Lipinski definition) is 0. The van der Waals surface area contributed by atoms with E-state index in [9.17, 15) is 0 Å². The summed E-state index contributed by atoms with van der Waals surface area (Å²) in [4.78, 5) is 0. The largest absolute Gasteiger partial charge is 0.0620 e. The molecule has 0 aromatic heterocycles. The molecule has 0 saturated carbocycles. The van der Waals surface area contributed by atoms with Gasteiger partial charge < -0.3 is 0 Å². The molecule has 2 aromatic rings. The van der Waals surface area contributed by atoms with Crippen molar-refractivity contribution in [1.82, 2.24) is 0 Å². The molecule has 1 atom stereocenters. The highest BCUT2D eigenvalue weighted by atomic mass is 14.3. The lowest BCUT2D eigenvalue weighted by atomic mass is 9.75. The predicted molar refractivity (Wildman–Crippen MR) is 121 cm³/mol. The highest BCUT2D eigenvalue weighted by Crippen LogP contribution is 2.36. The summed E-state index contributed by atoms with van der Waals surface area (Å²) in [5.74, 6) is 0.502. The molecule has 0 fully saturated rings. The van der Waals surface area contributed by atoms with Crippen LogP contribution in [-0.4, -0.2) is 0 Å². The Morgan fingerprint density at radius 2 is 1.22 bits per heavy atom. The van der Waals surface area contributed by atoms with Crippen molar-refractivity contribution in [3.05, 3.63) is 70.3 Å². The number of hydrogen-bond acceptors (Lipinski definition) is 0. The second-order valence-electron chi connectivity index (χ2n) is 11.3. The lowest BCUT2D eigenvalue weighted by molar-refractivity contribution is 0.554. The van der Waals surface area contributed by atoms with E-state index in [4.69, 9.17) is 0 Å². The van der Waals surface area contributed by atoms with E-state index in [0.717, 1.165) is 6.42 Å². The smallest absolute Gasteiger partial charge is 0.0129 e. The van der Waals surface area contributed by atoms with E-state index in [1.165, 1.54) is 27.8 Å². The molecule has 0 spiro atoms.